The van der Waals surface area contributed by atoms with Crippen LogP contribution in [0.1, 0.15) is 11.4 Å². The Labute approximate surface area is 164 Å². The molecule has 7 heteroatoms. The van der Waals surface area contributed by atoms with Gasteiger partial charge in [-0.3, -0.25) is 4.40 Å². The van der Waals surface area contributed by atoms with Gasteiger partial charge in [0.15, 0.2) is 5.15 Å². The van der Waals surface area contributed by atoms with E-state index in [1.54, 1.807) is 10.5 Å². The zero-order valence-electron chi connectivity index (χ0n) is 14.1. The number of carbonyl (C=O) groups excluding carboxylic acids is 1. The normalized spacial score (nSPS) is 11.3. The fraction of sp³-hybridized carbons (Fsp3) is 0.0500. The summed E-state index contributed by atoms with van der Waals surface area (Å²) in [4.78, 5) is 20.8. The van der Waals surface area contributed by atoms with Crippen LogP contribution in [0.15, 0.2) is 66.2 Å². The van der Waals surface area contributed by atoms with Gasteiger partial charge in [0, 0.05) is 23.2 Å². The van der Waals surface area contributed by atoms with Gasteiger partial charge in [0.1, 0.15) is 17.3 Å². The van der Waals surface area contributed by atoms with Gasteiger partial charge in [-0.15, -0.1) is 11.3 Å². The molecule has 0 fully saturated rings. The summed E-state index contributed by atoms with van der Waals surface area (Å²) in [7, 11) is 0. The lowest BCUT2D eigenvalue weighted by molar-refractivity contribution is -0.139. The highest BCUT2D eigenvalue weighted by atomic mass is 35.5. The van der Waals surface area contributed by atoms with Crippen LogP contribution in [0.25, 0.3) is 22.3 Å². The lowest BCUT2D eigenvalue weighted by Crippen LogP contribution is -2.01. The molecule has 0 N–H and O–H groups in total. The lowest BCUT2D eigenvalue weighted by atomic mass is 10.2. The zero-order chi connectivity index (χ0) is 18.6. The molecule has 0 aliphatic rings. The molecule has 134 valence electrons. The molecule has 0 saturated heterocycles. The lowest BCUT2D eigenvalue weighted by Gasteiger charge is -1.99. The summed E-state index contributed by atoms with van der Waals surface area (Å²) in [5.41, 5.74) is 3.10. The molecule has 1 aromatic carbocycles. The maximum atomic E-state index is 12.0. The summed E-state index contributed by atoms with van der Waals surface area (Å²) in [6, 6.07) is 15.5. The molecule has 0 spiro atoms. The summed E-state index contributed by atoms with van der Waals surface area (Å²) in [5.74, 6) is -0.466. The molecule has 4 aromatic rings. The first-order valence-electron chi connectivity index (χ1n) is 8.18. The van der Waals surface area contributed by atoms with E-state index in [9.17, 15) is 4.79 Å². The van der Waals surface area contributed by atoms with Gasteiger partial charge in [-0.2, -0.15) is 0 Å². The van der Waals surface area contributed by atoms with Crippen LogP contribution in [-0.4, -0.2) is 20.3 Å². The molecule has 3 heterocycles. The van der Waals surface area contributed by atoms with Crippen LogP contribution >= 0.6 is 22.9 Å². The van der Waals surface area contributed by atoms with Gasteiger partial charge in [0.2, 0.25) is 0 Å². The Bertz CT molecular complexity index is 1120. The van der Waals surface area contributed by atoms with E-state index >= 15 is 0 Å². The molecule has 0 saturated carbocycles. The van der Waals surface area contributed by atoms with Crippen LogP contribution < -0.4 is 0 Å². The average Bonchev–Trinajstić information content (AvgIpc) is 3.29. The largest absolute Gasteiger partial charge is 0.456 e. The van der Waals surface area contributed by atoms with Crippen molar-refractivity contribution in [3.63, 3.8) is 0 Å². The number of nitrogens with zero attached hydrogens (tertiary/aromatic N) is 3. The summed E-state index contributed by atoms with van der Waals surface area (Å²) < 4.78 is 7.08. The molecule has 0 radical (unpaired) electrons. The van der Waals surface area contributed by atoms with Crippen molar-refractivity contribution in [3.05, 3.63) is 82.7 Å². The number of rotatable bonds is 5. The Morgan fingerprint density at radius 2 is 1.96 bits per heavy atom. The third kappa shape index (κ3) is 3.92. The fourth-order valence-corrected chi connectivity index (χ4v) is 3.61. The number of fused-ring (bicyclic) bond motifs is 1. The molecular weight excluding hydrogens is 382 g/mol. The Hall–Kier alpha value is -2.96. The van der Waals surface area contributed by atoms with E-state index in [-0.39, 0.29) is 6.61 Å². The number of ether oxygens (including phenoxy) is 1. The SMILES string of the molecule is O=C(/C=C/c1c(Cl)nc2ccccn12)OCc1csc(-c2ccccc2)n1. The van der Waals surface area contributed by atoms with Gasteiger partial charge in [-0.1, -0.05) is 48.0 Å². The van der Waals surface area contributed by atoms with Crippen LogP contribution in [0, 0.1) is 0 Å². The Morgan fingerprint density at radius 1 is 1.15 bits per heavy atom. The molecule has 0 atom stereocenters. The molecule has 0 amide bonds. The molecule has 3 aromatic heterocycles. The average molecular weight is 396 g/mol. The standard InChI is InChI=1S/C20H14ClN3O2S/c21-19-16(24-11-5-4-8-17(24)23-19)9-10-18(25)26-12-15-13-27-20(22-15)14-6-2-1-3-7-14/h1-11,13H,12H2/b10-9+. The van der Waals surface area contributed by atoms with Crippen molar-refractivity contribution in [1.29, 1.82) is 0 Å². The van der Waals surface area contributed by atoms with E-state index in [2.05, 4.69) is 9.97 Å². The van der Waals surface area contributed by atoms with E-state index in [0.717, 1.165) is 10.6 Å². The quantitative estimate of drug-likeness (QED) is 0.357. The molecule has 0 aliphatic heterocycles. The molecule has 5 nitrogen and oxygen atoms in total. The number of imidazole rings is 1. The maximum Gasteiger partial charge on any atom is 0.331 e. The Balaban J connectivity index is 1.41. The van der Waals surface area contributed by atoms with Crippen molar-refractivity contribution < 1.29 is 9.53 Å². The number of aromatic nitrogens is 3. The second kappa shape index (κ2) is 7.73. The molecule has 0 aliphatic carbocycles. The van der Waals surface area contributed by atoms with E-state index < -0.39 is 5.97 Å². The van der Waals surface area contributed by atoms with Crippen molar-refractivity contribution in [1.82, 2.24) is 14.4 Å². The predicted molar refractivity (Wildman–Crippen MR) is 107 cm³/mol. The number of benzene rings is 1. The number of hydrogen-bond acceptors (Lipinski definition) is 5. The highest BCUT2D eigenvalue weighted by Gasteiger charge is 2.09. The van der Waals surface area contributed by atoms with Crippen LogP contribution in [0.3, 0.4) is 0 Å². The molecular formula is C20H14ClN3O2S. The summed E-state index contributed by atoms with van der Waals surface area (Å²) in [5, 5.41) is 3.12. The summed E-state index contributed by atoms with van der Waals surface area (Å²) >= 11 is 7.66. The first-order valence-corrected chi connectivity index (χ1v) is 9.44. The van der Waals surface area contributed by atoms with E-state index in [4.69, 9.17) is 16.3 Å². The third-order valence-electron chi connectivity index (χ3n) is 3.83. The highest BCUT2D eigenvalue weighted by molar-refractivity contribution is 7.13. The number of esters is 1. The number of pyridine rings is 1. The van der Waals surface area contributed by atoms with Gasteiger partial charge in [0.25, 0.3) is 0 Å². The van der Waals surface area contributed by atoms with Crippen molar-refractivity contribution >= 4 is 40.6 Å². The first kappa shape index (κ1) is 17.5. The van der Waals surface area contributed by atoms with E-state index in [0.29, 0.717) is 22.2 Å². The topological polar surface area (TPSA) is 56.5 Å². The van der Waals surface area contributed by atoms with E-state index in [1.165, 1.54) is 17.4 Å². The predicted octanol–water partition coefficient (Wildman–Crippen LogP) is 4.87. The number of hydrogen-bond donors (Lipinski definition) is 0. The minimum Gasteiger partial charge on any atom is -0.456 e. The van der Waals surface area contributed by atoms with Crippen molar-refractivity contribution in [2.45, 2.75) is 6.61 Å². The second-order valence-corrected chi connectivity index (χ2v) is 6.88. The molecule has 4 rings (SSSR count). The Morgan fingerprint density at radius 3 is 2.81 bits per heavy atom. The number of carbonyl (C=O) groups is 1. The van der Waals surface area contributed by atoms with Gasteiger partial charge < -0.3 is 4.74 Å². The maximum absolute atomic E-state index is 12.0. The summed E-state index contributed by atoms with van der Waals surface area (Å²) in [6.07, 6.45) is 4.77. The third-order valence-corrected chi connectivity index (χ3v) is 5.05. The number of halogens is 1. The van der Waals surface area contributed by atoms with Crippen molar-refractivity contribution in [2.24, 2.45) is 0 Å². The highest BCUT2D eigenvalue weighted by Crippen LogP contribution is 2.23. The monoisotopic (exact) mass is 395 g/mol. The molecule has 27 heavy (non-hydrogen) atoms. The first-order chi connectivity index (χ1) is 13.2. The van der Waals surface area contributed by atoms with Gasteiger partial charge >= 0.3 is 5.97 Å². The van der Waals surface area contributed by atoms with E-state index in [1.807, 2.05) is 60.1 Å². The minimum atomic E-state index is -0.466. The van der Waals surface area contributed by atoms with Crippen LogP contribution in [-0.2, 0) is 16.1 Å². The minimum absolute atomic E-state index is 0.118. The van der Waals surface area contributed by atoms with Crippen molar-refractivity contribution in [2.75, 3.05) is 0 Å². The fourth-order valence-electron chi connectivity index (χ4n) is 2.56. The van der Waals surface area contributed by atoms with Gasteiger partial charge in [-0.05, 0) is 18.2 Å². The van der Waals surface area contributed by atoms with Gasteiger partial charge in [-0.25, -0.2) is 14.8 Å². The van der Waals surface area contributed by atoms with Crippen LogP contribution in [0.4, 0.5) is 0 Å². The molecule has 0 bridgehead atoms. The smallest absolute Gasteiger partial charge is 0.331 e. The number of thiazole rings is 1. The summed E-state index contributed by atoms with van der Waals surface area (Å²) in [6.45, 7) is 0.118. The van der Waals surface area contributed by atoms with Crippen LogP contribution in [0.5, 0.6) is 0 Å². The Kier molecular flexibility index (Phi) is 5.00. The van der Waals surface area contributed by atoms with Crippen LogP contribution in [0.2, 0.25) is 5.15 Å². The second-order valence-electron chi connectivity index (χ2n) is 5.67. The zero-order valence-corrected chi connectivity index (χ0v) is 15.7. The van der Waals surface area contributed by atoms with Crippen molar-refractivity contribution in [3.8, 4) is 10.6 Å². The van der Waals surface area contributed by atoms with Gasteiger partial charge in [0.05, 0.1) is 11.4 Å². The molecule has 0 unspecified atom stereocenters.